The van der Waals surface area contributed by atoms with Crippen molar-refractivity contribution < 1.29 is 9.85 Å². The lowest BCUT2D eigenvalue weighted by Gasteiger charge is -2.29. The molecule has 8 nitrogen and oxygen atoms in total. The predicted molar refractivity (Wildman–Crippen MR) is 72.0 cm³/mol. The van der Waals surface area contributed by atoms with Gasteiger partial charge < -0.3 is 5.73 Å². The zero-order valence-electron chi connectivity index (χ0n) is 10.7. The minimum Gasteiger partial charge on any atom is -0.312 e. The largest absolute Gasteiger partial charge is 0.312 e. The number of benzene rings is 1. The quantitative estimate of drug-likeness (QED) is 0.652. The third-order valence-corrected chi connectivity index (χ3v) is 3.30. The van der Waals surface area contributed by atoms with Gasteiger partial charge in [-0.15, -0.1) is 0 Å². The molecule has 2 rings (SSSR count). The summed E-state index contributed by atoms with van der Waals surface area (Å²) in [6, 6.07) is 6.45. The van der Waals surface area contributed by atoms with Crippen molar-refractivity contribution in [1.82, 2.24) is 0 Å². The third-order valence-electron chi connectivity index (χ3n) is 3.30. The van der Waals surface area contributed by atoms with Gasteiger partial charge in [-0.25, -0.2) is 0 Å². The Kier molecular flexibility index (Phi) is 3.52. The maximum absolute atomic E-state index is 11.2. The molecule has 0 saturated heterocycles. The second-order valence-electron chi connectivity index (χ2n) is 4.53. The first-order valence-electron chi connectivity index (χ1n) is 5.87. The third kappa shape index (κ3) is 2.50. The van der Waals surface area contributed by atoms with Crippen LogP contribution in [0.1, 0.15) is 11.1 Å². The van der Waals surface area contributed by atoms with Crippen molar-refractivity contribution in [2.45, 2.75) is 11.6 Å². The molecule has 8 heteroatoms. The van der Waals surface area contributed by atoms with Gasteiger partial charge >= 0.3 is 0 Å². The van der Waals surface area contributed by atoms with Gasteiger partial charge in [0.05, 0.1) is 22.6 Å². The summed E-state index contributed by atoms with van der Waals surface area (Å²) >= 11 is 0. The van der Waals surface area contributed by atoms with Crippen LogP contribution in [0.5, 0.6) is 0 Å². The first-order valence-corrected chi connectivity index (χ1v) is 5.87. The lowest BCUT2D eigenvalue weighted by atomic mass is 9.80. The van der Waals surface area contributed by atoms with Gasteiger partial charge in [0.25, 0.3) is 11.7 Å². The molecule has 0 aliphatic heterocycles. The number of nitrogens with two attached hydrogens (primary N) is 1. The molecular formula is C13H10N4O4. The van der Waals surface area contributed by atoms with Crippen LogP contribution in [0.2, 0.25) is 0 Å². The molecule has 2 N–H and O–H groups in total. The molecule has 1 aliphatic rings. The minimum absolute atomic E-state index is 0.369. The van der Waals surface area contributed by atoms with E-state index in [-0.39, 0.29) is 5.70 Å². The summed E-state index contributed by atoms with van der Waals surface area (Å²) < 4.78 is 0. The van der Waals surface area contributed by atoms with E-state index in [9.17, 15) is 20.2 Å². The molecule has 1 aliphatic carbocycles. The van der Waals surface area contributed by atoms with Crippen LogP contribution >= 0.6 is 0 Å². The fourth-order valence-electron chi connectivity index (χ4n) is 2.13. The molecule has 106 valence electrons. The molecule has 1 aromatic carbocycles. The van der Waals surface area contributed by atoms with Crippen molar-refractivity contribution in [2.24, 2.45) is 5.73 Å². The van der Waals surface area contributed by atoms with E-state index in [0.29, 0.717) is 11.1 Å². The van der Waals surface area contributed by atoms with Crippen LogP contribution in [-0.2, 0) is 5.54 Å². The smallest absolute Gasteiger partial charge is 0.272 e. The van der Waals surface area contributed by atoms with Crippen LogP contribution < -0.4 is 5.73 Å². The molecule has 0 aromatic heterocycles. The van der Waals surface area contributed by atoms with Gasteiger partial charge in [0.15, 0.2) is 0 Å². The van der Waals surface area contributed by atoms with Crippen LogP contribution in [0.3, 0.4) is 0 Å². The molecule has 2 unspecified atom stereocenters. The van der Waals surface area contributed by atoms with Gasteiger partial charge in [0, 0.05) is 11.0 Å². The molecule has 2 atom stereocenters. The average Bonchev–Trinajstić information content (AvgIpc) is 2.47. The lowest BCUT2D eigenvalue weighted by Crippen LogP contribution is -2.50. The summed E-state index contributed by atoms with van der Waals surface area (Å²) in [5.74, 6) is 0. The van der Waals surface area contributed by atoms with Crippen LogP contribution in [0.15, 0.2) is 48.2 Å². The topological polar surface area (TPSA) is 136 Å². The average molecular weight is 286 g/mol. The molecule has 0 fully saturated rings. The molecule has 0 radical (unpaired) electrons. The van der Waals surface area contributed by atoms with Crippen LogP contribution in [0, 0.1) is 31.6 Å². The van der Waals surface area contributed by atoms with E-state index in [1.807, 2.05) is 6.07 Å². The number of nitro groups is 2. The summed E-state index contributed by atoms with van der Waals surface area (Å²) in [4.78, 5) is 20.6. The Morgan fingerprint density at radius 1 is 1.24 bits per heavy atom. The molecule has 1 aromatic rings. The fraction of sp³-hybridized carbons (Fsp3) is 0.154. The van der Waals surface area contributed by atoms with E-state index in [2.05, 4.69) is 0 Å². The van der Waals surface area contributed by atoms with Crippen molar-refractivity contribution >= 4 is 0 Å². The van der Waals surface area contributed by atoms with E-state index < -0.39 is 21.4 Å². The highest BCUT2D eigenvalue weighted by Gasteiger charge is 2.45. The monoisotopic (exact) mass is 286 g/mol. The first kappa shape index (κ1) is 14.4. The van der Waals surface area contributed by atoms with E-state index in [0.717, 1.165) is 12.2 Å². The Hall–Kier alpha value is -3.05. The zero-order chi connectivity index (χ0) is 15.6. The Morgan fingerprint density at radius 2 is 1.86 bits per heavy atom. The molecule has 21 heavy (non-hydrogen) atoms. The lowest BCUT2D eigenvalue weighted by molar-refractivity contribution is -0.522. The number of nitrogens with zero attached hydrogens (tertiary/aromatic N) is 3. The van der Waals surface area contributed by atoms with Gasteiger partial charge in [-0.3, -0.25) is 20.2 Å². The summed E-state index contributed by atoms with van der Waals surface area (Å²) in [7, 11) is 0. The maximum Gasteiger partial charge on any atom is 0.272 e. The normalized spacial score (nSPS) is 24.0. The number of hydrogen-bond donors (Lipinski definition) is 1. The highest BCUT2D eigenvalue weighted by atomic mass is 16.6. The van der Waals surface area contributed by atoms with Crippen LogP contribution in [0.4, 0.5) is 0 Å². The Morgan fingerprint density at radius 3 is 2.33 bits per heavy atom. The highest BCUT2D eigenvalue weighted by molar-refractivity contribution is 5.41. The Labute approximate surface area is 119 Å². The summed E-state index contributed by atoms with van der Waals surface area (Å²) in [6.45, 7) is 0. The molecule has 0 bridgehead atoms. The Balaban J connectivity index is 2.49. The molecule has 0 spiro atoms. The summed E-state index contributed by atoms with van der Waals surface area (Å²) in [5.41, 5.74) is 5.02. The highest BCUT2D eigenvalue weighted by Crippen LogP contribution is 2.31. The van der Waals surface area contributed by atoms with Gasteiger partial charge in [0.2, 0.25) is 0 Å². The van der Waals surface area contributed by atoms with Crippen molar-refractivity contribution in [2.75, 3.05) is 0 Å². The van der Waals surface area contributed by atoms with Gasteiger partial charge in [0.1, 0.15) is 5.54 Å². The van der Waals surface area contributed by atoms with E-state index in [1.165, 1.54) is 30.3 Å². The number of nitriles is 1. The molecular weight excluding hydrogens is 276 g/mol. The van der Waals surface area contributed by atoms with Crippen molar-refractivity contribution in [3.8, 4) is 6.07 Å². The van der Waals surface area contributed by atoms with E-state index in [4.69, 9.17) is 11.0 Å². The molecule has 0 amide bonds. The first-order chi connectivity index (χ1) is 9.88. The van der Waals surface area contributed by atoms with Crippen molar-refractivity contribution in [1.29, 1.82) is 5.26 Å². The maximum atomic E-state index is 11.2. The SMILES string of the molecule is N#Cc1ccc(C2(N)C=CC([N+](=O)[O-])=CC2[N+](=O)[O-])cc1. The van der Waals surface area contributed by atoms with Crippen molar-refractivity contribution in [3.63, 3.8) is 0 Å². The number of rotatable bonds is 3. The van der Waals surface area contributed by atoms with Gasteiger partial charge in [-0.2, -0.15) is 5.26 Å². The fourth-order valence-corrected chi connectivity index (χ4v) is 2.13. The van der Waals surface area contributed by atoms with E-state index in [1.54, 1.807) is 0 Å². The number of hydrogen-bond acceptors (Lipinski definition) is 6. The molecule has 0 saturated carbocycles. The Bertz CT molecular complexity index is 702. The second kappa shape index (κ2) is 5.15. The van der Waals surface area contributed by atoms with Crippen LogP contribution in [-0.4, -0.2) is 15.9 Å². The molecule has 0 heterocycles. The zero-order valence-corrected chi connectivity index (χ0v) is 10.7. The van der Waals surface area contributed by atoms with Crippen molar-refractivity contribution in [3.05, 3.63) is 79.5 Å². The predicted octanol–water partition coefficient (Wildman–Crippen LogP) is 1.09. The van der Waals surface area contributed by atoms with E-state index >= 15 is 0 Å². The summed E-state index contributed by atoms with van der Waals surface area (Å²) in [6.07, 6.45) is 3.33. The summed E-state index contributed by atoms with van der Waals surface area (Å²) in [5, 5.41) is 30.7. The van der Waals surface area contributed by atoms with Gasteiger partial charge in [-0.1, -0.05) is 12.1 Å². The standard InChI is InChI=1S/C13H10N4O4/c14-8-9-1-3-10(4-2-9)13(15)6-5-11(16(18)19)7-12(13)17(20)21/h1-7,12H,15H2. The second-order valence-corrected chi connectivity index (χ2v) is 4.53. The minimum atomic E-state index is -1.50. The number of allylic oxidation sites excluding steroid dienone is 1. The van der Waals surface area contributed by atoms with Gasteiger partial charge in [-0.05, 0) is 23.8 Å². The van der Waals surface area contributed by atoms with Crippen LogP contribution in [0.25, 0.3) is 0 Å².